The molecule has 0 aliphatic carbocycles. The number of aromatic nitrogens is 1. The Hall–Kier alpha value is -3.18. The Balaban J connectivity index is 1.54. The molecule has 1 unspecified atom stereocenters. The van der Waals surface area contributed by atoms with E-state index in [1.165, 1.54) is 16.4 Å². The summed E-state index contributed by atoms with van der Waals surface area (Å²) in [7, 11) is 0. The number of halogens is 1. The summed E-state index contributed by atoms with van der Waals surface area (Å²) >= 11 is 7.30. The number of benzene rings is 2. The molecule has 1 atom stereocenters. The van der Waals surface area contributed by atoms with Crippen LogP contribution in [0.1, 0.15) is 5.56 Å². The van der Waals surface area contributed by atoms with Gasteiger partial charge in [-0.05, 0) is 53.5 Å². The molecule has 2 aromatic carbocycles. The highest BCUT2D eigenvalue weighted by atomic mass is 35.5. The summed E-state index contributed by atoms with van der Waals surface area (Å²) in [4.78, 5) is 20.5. The zero-order valence-electron chi connectivity index (χ0n) is 17.5. The standard InChI is InChI=1S/C22H22ClN5O4S/c23-16-3-1-15(2-4-16)11-27-14-28(12-18(30)13-29)22(31)25-21(27)24-17-5-7-19(8-6-17)32-20-9-10-33-26-20/h1-10,18,29-30H,11-14H2,(H,24,25,31). The average molecular weight is 488 g/mol. The van der Waals surface area contributed by atoms with Gasteiger partial charge in [-0.1, -0.05) is 23.7 Å². The zero-order chi connectivity index (χ0) is 23.2. The third-order valence-corrected chi connectivity index (χ3v) is 5.58. The number of aliphatic imine (C=N–C) groups is 1. The number of β-amino-alcohol motifs (C(OH)–C–C–N with tert-alkyl or cyclic N) is 1. The lowest BCUT2D eigenvalue weighted by atomic mass is 10.2. The van der Waals surface area contributed by atoms with Gasteiger partial charge in [-0.15, -0.1) is 0 Å². The Labute approximate surface area is 199 Å². The van der Waals surface area contributed by atoms with Crippen LogP contribution in [0.4, 0.5) is 10.5 Å². The van der Waals surface area contributed by atoms with E-state index in [0.717, 1.165) is 5.56 Å². The molecule has 1 fully saturated rings. The van der Waals surface area contributed by atoms with Gasteiger partial charge in [0.1, 0.15) is 5.75 Å². The highest BCUT2D eigenvalue weighted by Crippen LogP contribution is 2.24. The molecule has 2 amide bonds. The first kappa shape index (κ1) is 23.0. The van der Waals surface area contributed by atoms with Gasteiger partial charge in [-0.3, -0.25) is 5.32 Å². The minimum atomic E-state index is -1.03. The molecule has 2 heterocycles. The fourth-order valence-corrected chi connectivity index (χ4v) is 3.73. The van der Waals surface area contributed by atoms with Gasteiger partial charge >= 0.3 is 6.03 Å². The minimum Gasteiger partial charge on any atom is -0.438 e. The number of hydrogen-bond donors (Lipinski definition) is 3. The topological polar surface area (TPSA) is 111 Å². The SMILES string of the molecule is O=C1NC(=Nc2ccc(Oc3ccsn3)cc2)N(Cc2ccc(Cl)cc2)CN1CC(O)CO. The van der Waals surface area contributed by atoms with Gasteiger partial charge in [0, 0.05) is 23.0 Å². The number of nitrogens with one attached hydrogen (secondary N) is 1. The molecular weight excluding hydrogens is 466 g/mol. The summed E-state index contributed by atoms with van der Waals surface area (Å²) in [5.41, 5.74) is 1.60. The highest BCUT2D eigenvalue weighted by Gasteiger charge is 2.29. The van der Waals surface area contributed by atoms with E-state index < -0.39 is 18.7 Å². The molecule has 1 aliphatic rings. The Morgan fingerprint density at radius 1 is 1.15 bits per heavy atom. The molecule has 1 aliphatic heterocycles. The summed E-state index contributed by atoms with van der Waals surface area (Å²) in [6, 6.07) is 15.9. The average Bonchev–Trinajstić information content (AvgIpc) is 3.32. The van der Waals surface area contributed by atoms with Crippen LogP contribution in [0.2, 0.25) is 5.02 Å². The fraction of sp³-hybridized carbons (Fsp3) is 0.227. The first-order valence-corrected chi connectivity index (χ1v) is 11.3. The van der Waals surface area contributed by atoms with Crippen molar-refractivity contribution in [3.05, 3.63) is 70.6 Å². The van der Waals surface area contributed by atoms with Crippen molar-refractivity contribution in [1.29, 1.82) is 0 Å². The molecule has 9 nitrogen and oxygen atoms in total. The third kappa shape index (κ3) is 6.20. The number of nitrogens with zero attached hydrogens (tertiary/aromatic N) is 4. The van der Waals surface area contributed by atoms with E-state index in [-0.39, 0.29) is 13.2 Å². The predicted molar refractivity (Wildman–Crippen MR) is 126 cm³/mol. The van der Waals surface area contributed by atoms with E-state index in [1.807, 2.05) is 22.4 Å². The summed E-state index contributed by atoms with van der Waals surface area (Å²) in [6.07, 6.45) is -1.03. The van der Waals surface area contributed by atoms with Crippen LogP contribution in [0.15, 0.2) is 65.0 Å². The van der Waals surface area contributed by atoms with Crippen molar-refractivity contribution in [3.63, 3.8) is 0 Å². The second kappa shape index (κ2) is 10.6. The van der Waals surface area contributed by atoms with Gasteiger partial charge in [-0.2, -0.15) is 4.37 Å². The van der Waals surface area contributed by atoms with Crippen LogP contribution in [0.3, 0.4) is 0 Å². The number of guanidine groups is 1. The third-order valence-electron chi connectivity index (χ3n) is 4.78. The number of aliphatic hydroxyl groups excluding tert-OH is 2. The van der Waals surface area contributed by atoms with Crippen molar-refractivity contribution < 1.29 is 19.7 Å². The Bertz CT molecular complexity index is 1090. The van der Waals surface area contributed by atoms with Crippen LogP contribution in [0, 0.1) is 0 Å². The summed E-state index contributed by atoms with van der Waals surface area (Å²) in [6.45, 7) is 0.203. The molecule has 0 spiro atoms. The molecule has 1 saturated heterocycles. The molecule has 0 radical (unpaired) electrons. The molecular formula is C22H22ClN5O4S. The van der Waals surface area contributed by atoms with E-state index in [4.69, 9.17) is 21.4 Å². The van der Waals surface area contributed by atoms with Crippen molar-refractivity contribution in [2.45, 2.75) is 12.6 Å². The second-order valence-corrected chi connectivity index (χ2v) is 8.43. The van der Waals surface area contributed by atoms with Crippen LogP contribution >= 0.6 is 23.1 Å². The molecule has 172 valence electrons. The van der Waals surface area contributed by atoms with E-state index in [9.17, 15) is 9.90 Å². The van der Waals surface area contributed by atoms with Crippen LogP contribution in [0.5, 0.6) is 11.6 Å². The van der Waals surface area contributed by atoms with E-state index in [2.05, 4.69) is 14.7 Å². The van der Waals surface area contributed by atoms with Crippen LogP contribution < -0.4 is 10.1 Å². The van der Waals surface area contributed by atoms with Gasteiger partial charge in [0.05, 0.1) is 31.6 Å². The molecule has 4 rings (SSSR count). The number of urea groups is 1. The Morgan fingerprint density at radius 3 is 2.58 bits per heavy atom. The smallest absolute Gasteiger partial charge is 0.325 e. The minimum absolute atomic E-state index is 0.00458. The van der Waals surface area contributed by atoms with E-state index in [1.54, 1.807) is 42.5 Å². The molecule has 0 saturated carbocycles. The van der Waals surface area contributed by atoms with Crippen molar-refractivity contribution in [1.82, 2.24) is 19.5 Å². The van der Waals surface area contributed by atoms with E-state index >= 15 is 0 Å². The number of carbonyl (C=O) groups excluding carboxylic acids is 1. The lowest BCUT2D eigenvalue weighted by Gasteiger charge is -2.38. The van der Waals surface area contributed by atoms with Crippen molar-refractivity contribution in [2.75, 3.05) is 19.8 Å². The lowest BCUT2D eigenvalue weighted by Crippen LogP contribution is -2.60. The normalized spacial score (nSPS) is 16.1. The van der Waals surface area contributed by atoms with Gasteiger partial charge in [0.15, 0.2) is 0 Å². The first-order chi connectivity index (χ1) is 16.0. The maximum atomic E-state index is 12.6. The summed E-state index contributed by atoms with van der Waals surface area (Å²) in [5, 5.41) is 24.2. The van der Waals surface area contributed by atoms with Gasteiger partial charge < -0.3 is 24.7 Å². The van der Waals surface area contributed by atoms with Crippen molar-refractivity contribution in [2.24, 2.45) is 4.99 Å². The highest BCUT2D eigenvalue weighted by molar-refractivity contribution is 7.03. The number of aliphatic hydroxyl groups is 2. The summed E-state index contributed by atoms with van der Waals surface area (Å²) in [5.74, 6) is 1.52. The number of amides is 2. The van der Waals surface area contributed by atoms with E-state index in [0.29, 0.717) is 34.8 Å². The number of hydrogen-bond acceptors (Lipinski definition) is 7. The molecule has 33 heavy (non-hydrogen) atoms. The van der Waals surface area contributed by atoms with Crippen molar-refractivity contribution in [3.8, 4) is 11.6 Å². The van der Waals surface area contributed by atoms with Gasteiger partial charge in [0.2, 0.25) is 11.8 Å². The molecule has 0 bridgehead atoms. The number of rotatable bonds is 8. The van der Waals surface area contributed by atoms with Crippen LogP contribution in [0.25, 0.3) is 0 Å². The maximum Gasteiger partial charge on any atom is 0.325 e. The largest absolute Gasteiger partial charge is 0.438 e. The van der Waals surface area contributed by atoms with Crippen molar-refractivity contribution >= 4 is 40.8 Å². The quantitative estimate of drug-likeness (QED) is 0.449. The molecule has 1 aromatic heterocycles. The predicted octanol–water partition coefficient (Wildman–Crippen LogP) is 3.41. The second-order valence-electron chi connectivity index (χ2n) is 7.32. The fourth-order valence-electron chi connectivity index (χ4n) is 3.16. The number of ether oxygens (including phenoxy) is 1. The molecule has 11 heteroatoms. The Morgan fingerprint density at radius 2 is 1.91 bits per heavy atom. The summed E-state index contributed by atoms with van der Waals surface area (Å²) < 4.78 is 9.78. The maximum absolute atomic E-state index is 12.6. The van der Waals surface area contributed by atoms with Gasteiger partial charge in [-0.25, -0.2) is 9.79 Å². The molecule has 3 aromatic rings. The van der Waals surface area contributed by atoms with Crippen LogP contribution in [-0.4, -0.2) is 62.3 Å². The lowest BCUT2D eigenvalue weighted by molar-refractivity contribution is 0.0543. The molecule has 3 N–H and O–H groups in total. The van der Waals surface area contributed by atoms with Gasteiger partial charge in [0.25, 0.3) is 0 Å². The number of carbonyl (C=O) groups is 1. The Kier molecular flexibility index (Phi) is 7.40. The monoisotopic (exact) mass is 487 g/mol. The zero-order valence-corrected chi connectivity index (χ0v) is 19.0. The first-order valence-electron chi connectivity index (χ1n) is 10.1. The van der Waals surface area contributed by atoms with Crippen LogP contribution in [-0.2, 0) is 6.54 Å².